The van der Waals surface area contributed by atoms with Crippen LogP contribution in [0.25, 0.3) is 0 Å². The van der Waals surface area contributed by atoms with E-state index in [-0.39, 0.29) is 47.4 Å². The lowest BCUT2D eigenvalue weighted by Gasteiger charge is -2.32. The van der Waals surface area contributed by atoms with Crippen LogP contribution in [0.15, 0.2) is 35.5 Å². The Morgan fingerprint density at radius 2 is 1.90 bits per heavy atom. The standard InChI is InChI=1S/C20H24FN3O6S/c1-14-19(29-15-6-9-24(10-7-15)18(26)8-11-25)22-13-23-20(14)30-16-4-2-3-5-17(16)31(27,28)12-21/h2-5,13,15,25H,6-12H2,1H3. The van der Waals surface area contributed by atoms with Gasteiger partial charge in [-0.3, -0.25) is 4.79 Å². The fourth-order valence-corrected chi connectivity index (χ4v) is 4.05. The van der Waals surface area contributed by atoms with Crippen LogP contribution in [0.2, 0.25) is 0 Å². The molecule has 168 valence electrons. The quantitative estimate of drug-likeness (QED) is 0.645. The topological polar surface area (TPSA) is 119 Å². The first-order chi connectivity index (χ1) is 14.9. The average Bonchev–Trinajstić information content (AvgIpc) is 2.77. The van der Waals surface area contributed by atoms with Crippen molar-refractivity contribution in [2.45, 2.75) is 37.2 Å². The molecule has 0 bridgehead atoms. The number of amides is 1. The van der Waals surface area contributed by atoms with Gasteiger partial charge in [0.25, 0.3) is 0 Å². The second-order valence-electron chi connectivity index (χ2n) is 7.05. The lowest BCUT2D eigenvalue weighted by Crippen LogP contribution is -2.42. The number of alkyl halides is 1. The first kappa shape index (κ1) is 22.9. The number of likely N-dealkylation sites (tertiary alicyclic amines) is 1. The monoisotopic (exact) mass is 453 g/mol. The molecule has 0 aliphatic carbocycles. The molecule has 2 heterocycles. The van der Waals surface area contributed by atoms with Crippen molar-refractivity contribution in [2.24, 2.45) is 0 Å². The lowest BCUT2D eigenvalue weighted by molar-refractivity contribution is -0.133. The summed E-state index contributed by atoms with van der Waals surface area (Å²) >= 11 is 0. The number of ether oxygens (including phenoxy) is 2. The third kappa shape index (κ3) is 5.47. The predicted molar refractivity (Wildman–Crippen MR) is 108 cm³/mol. The van der Waals surface area contributed by atoms with E-state index in [1.54, 1.807) is 17.9 Å². The van der Waals surface area contributed by atoms with Gasteiger partial charge in [-0.15, -0.1) is 0 Å². The molecule has 0 spiro atoms. The Labute approximate surface area is 179 Å². The fourth-order valence-electron chi connectivity index (χ4n) is 3.23. The summed E-state index contributed by atoms with van der Waals surface area (Å²) < 4.78 is 48.6. The van der Waals surface area contributed by atoms with E-state index in [4.69, 9.17) is 14.6 Å². The Bertz CT molecular complexity index is 1030. The molecular formula is C20H24FN3O6S. The zero-order valence-electron chi connectivity index (χ0n) is 17.0. The van der Waals surface area contributed by atoms with Crippen LogP contribution in [0.1, 0.15) is 24.8 Å². The molecule has 0 radical (unpaired) electrons. The first-order valence-corrected chi connectivity index (χ1v) is 11.4. The smallest absolute Gasteiger partial charge is 0.229 e. The predicted octanol–water partition coefficient (Wildman–Crippen LogP) is 2.03. The molecule has 3 rings (SSSR count). The van der Waals surface area contributed by atoms with Gasteiger partial charge in [0, 0.05) is 32.4 Å². The van der Waals surface area contributed by atoms with Crippen molar-refractivity contribution in [3.05, 3.63) is 36.2 Å². The van der Waals surface area contributed by atoms with E-state index in [1.807, 2.05) is 0 Å². The van der Waals surface area contributed by atoms with Crippen LogP contribution in [0.3, 0.4) is 0 Å². The van der Waals surface area contributed by atoms with E-state index in [2.05, 4.69) is 9.97 Å². The molecule has 1 amide bonds. The zero-order valence-corrected chi connectivity index (χ0v) is 17.8. The summed E-state index contributed by atoms with van der Waals surface area (Å²) in [6, 6.07) is 4.21. The Morgan fingerprint density at radius 3 is 2.58 bits per heavy atom. The molecule has 11 heteroatoms. The number of benzene rings is 1. The normalized spacial score (nSPS) is 15.0. The average molecular weight is 453 g/mol. The number of nitrogens with zero attached hydrogens (tertiary/aromatic N) is 3. The van der Waals surface area contributed by atoms with Crippen molar-refractivity contribution in [3.8, 4) is 17.5 Å². The van der Waals surface area contributed by atoms with Crippen LogP contribution in [0, 0.1) is 6.92 Å². The van der Waals surface area contributed by atoms with E-state index < -0.39 is 15.8 Å². The highest BCUT2D eigenvalue weighted by molar-refractivity contribution is 7.91. The van der Waals surface area contributed by atoms with E-state index in [0.717, 1.165) is 0 Å². The molecular weight excluding hydrogens is 429 g/mol. The summed E-state index contributed by atoms with van der Waals surface area (Å²) in [5, 5.41) is 8.90. The van der Waals surface area contributed by atoms with Gasteiger partial charge in [-0.25, -0.2) is 22.8 Å². The lowest BCUT2D eigenvalue weighted by atomic mass is 10.1. The number of sulfone groups is 1. The van der Waals surface area contributed by atoms with Gasteiger partial charge in [0.05, 0.1) is 12.2 Å². The third-order valence-corrected chi connectivity index (χ3v) is 6.22. The Balaban J connectivity index is 1.72. The summed E-state index contributed by atoms with van der Waals surface area (Å²) in [7, 11) is -4.13. The van der Waals surface area contributed by atoms with Crippen molar-refractivity contribution in [1.82, 2.24) is 14.9 Å². The van der Waals surface area contributed by atoms with Gasteiger partial charge < -0.3 is 19.5 Å². The molecule has 1 aromatic carbocycles. The maximum Gasteiger partial charge on any atom is 0.229 e. The number of aliphatic hydroxyl groups is 1. The molecule has 9 nitrogen and oxygen atoms in total. The van der Waals surface area contributed by atoms with Crippen LogP contribution in [0.5, 0.6) is 17.5 Å². The van der Waals surface area contributed by atoms with Gasteiger partial charge >= 0.3 is 0 Å². The minimum Gasteiger partial charge on any atom is -0.474 e. The van der Waals surface area contributed by atoms with E-state index in [1.165, 1.54) is 24.5 Å². The third-order valence-electron chi connectivity index (χ3n) is 4.92. The van der Waals surface area contributed by atoms with E-state index in [0.29, 0.717) is 31.5 Å². The molecule has 1 saturated heterocycles. The number of rotatable bonds is 8. The van der Waals surface area contributed by atoms with Crippen molar-refractivity contribution in [1.29, 1.82) is 0 Å². The first-order valence-electron chi connectivity index (χ1n) is 9.78. The van der Waals surface area contributed by atoms with Crippen LogP contribution in [-0.2, 0) is 14.6 Å². The van der Waals surface area contributed by atoms with Gasteiger partial charge in [-0.05, 0) is 19.1 Å². The summed E-state index contributed by atoms with van der Waals surface area (Å²) in [6.07, 6.45) is 2.39. The number of halogens is 1. The zero-order chi connectivity index (χ0) is 22.4. The van der Waals surface area contributed by atoms with Gasteiger partial charge in [0.1, 0.15) is 23.1 Å². The summed E-state index contributed by atoms with van der Waals surface area (Å²) in [6.45, 7) is 2.54. The summed E-state index contributed by atoms with van der Waals surface area (Å²) in [5.41, 5.74) is 0.466. The number of hydrogen-bond acceptors (Lipinski definition) is 8. The Morgan fingerprint density at radius 1 is 1.23 bits per heavy atom. The highest BCUT2D eigenvalue weighted by atomic mass is 32.2. The maximum absolute atomic E-state index is 13.0. The molecule has 2 aromatic rings. The number of carbonyl (C=O) groups excluding carboxylic acids is 1. The number of aromatic nitrogens is 2. The van der Waals surface area contributed by atoms with E-state index >= 15 is 0 Å². The molecule has 1 fully saturated rings. The van der Waals surface area contributed by atoms with Crippen LogP contribution in [-0.4, -0.2) is 66.1 Å². The molecule has 0 unspecified atom stereocenters. The van der Waals surface area contributed by atoms with Gasteiger partial charge in [-0.2, -0.15) is 0 Å². The molecule has 1 N–H and O–H groups in total. The van der Waals surface area contributed by atoms with Crippen LogP contribution < -0.4 is 9.47 Å². The van der Waals surface area contributed by atoms with Crippen molar-refractivity contribution in [2.75, 3.05) is 25.7 Å². The highest BCUT2D eigenvalue weighted by Gasteiger charge is 2.25. The Kier molecular flexibility index (Phi) is 7.39. The largest absolute Gasteiger partial charge is 0.474 e. The van der Waals surface area contributed by atoms with Gasteiger partial charge in [0.2, 0.25) is 27.5 Å². The molecule has 31 heavy (non-hydrogen) atoms. The number of hydrogen-bond donors (Lipinski definition) is 1. The van der Waals surface area contributed by atoms with Gasteiger partial charge in [0.15, 0.2) is 6.01 Å². The maximum atomic E-state index is 13.0. The van der Waals surface area contributed by atoms with Crippen LogP contribution in [0.4, 0.5) is 4.39 Å². The SMILES string of the molecule is Cc1c(Oc2ccccc2S(=O)(=O)CF)ncnc1OC1CCN(C(=O)CCO)CC1. The van der Waals surface area contributed by atoms with Crippen LogP contribution >= 0.6 is 0 Å². The van der Waals surface area contributed by atoms with E-state index in [9.17, 15) is 17.6 Å². The minimum atomic E-state index is -4.13. The second kappa shape index (κ2) is 10.0. The number of piperidine rings is 1. The minimum absolute atomic E-state index is 0.0383. The molecule has 1 aromatic heterocycles. The second-order valence-corrected chi connectivity index (χ2v) is 8.94. The van der Waals surface area contributed by atoms with Crippen molar-refractivity contribution >= 4 is 15.7 Å². The van der Waals surface area contributed by atoms with Crippen molar-refractivity contribution < 1.29 is 32.2 Å². The fraction of sp³-hybridized carbons (Fsp3) is 0.450. The molecule has 0 atom stereocenters. The molecule has 1 aliphatic rings. The molecule has 1 aliphatic heterocycles. The number of carbonyl (C=O) groups is 1. The van der Waals surface area contributed by atoms with Gasteiger partial charge in [-0.1, -0.05) is 12.1 Å². The Hall–Kier alpha value is -2.79. The van der Waals surface area contributed by atoms with Crippen molar-refractivity contribution in [3.63, 3.8) is 0 Å². The highest BCUT2D eigenvalue weighted by Crippen LogP contribution is 2.33. The number of para-hydroxylation sites is 1. The molecule has 0 saturated carbocycles. The summed E-state index contributed by atoms with van der Waals surface area (Å²) in [5.74, 6) is 0.262. The number of aliphatic hydroxyl groups excluding tert-OH is 1. The summed E-state index contributed by atoms with van der Waals surface area (Å²) in [4.78, 5) is 21.5.